The Morgan fingerprint density at radius 3 is 2.86 bits per heavy atom. The van der Waals surface area contributed by atoms with Crippen LogP contribution in [0.1, 0.15) is 51.9 Å². The van der Waals surface area contributed by atoms with E-state index in [1.165, 1.54) is 0 Å². The molecular formula is C17H26O5. The van der Waals surface area contributed by atoms with Crippen LogP contribution >= 0.6 is 0 Å². The molecule has 5 nitrogen and oxygen atoms in total. The van der Waals surface area contributed by atoms with Gasteiger partial charge in [0, 0.05) is 18.9 Å². The number of esters is 1. The van der Waals surface area contributed by atoms with E-state index in [0.717, 1.165) is 32.1 Å². The summed E-state index contributed by atoms with van der Waals surface area (Å²) in [4.78, 5) is 25.5. The summed E-state index contributed by atoms with van der Waals surface area (Å²) < 4.78 is 16.3. The van der Waals surface area contributed by atoms with E-state index in [0.29, 0.717) is 25.4 Å². The van der Waals surface area contributed by atoms with Gasteiger partial charge in [-0.15, -0.1) is 0 Å². The zero-order valence-electron chi connectivity index (χ0n) is 13.6. The minimum Gasteiger partial charge on any atom is -0.465 e. The molecular weight excluding hydrogens is 284 g/mol. The first-order chi connectivity index (χ1) is 10.6. The molecule has 0 aromatic heterocycles. The number of hydrogen-bond donors (Lipinski definition) is 0. The van der Waals surface area contributed by atoms with Gasteiger partial charge in [-0.3, -0.25) is 9.59 Å². The zero-order valence-corrected chi connectivity index (χ0v) is 13.6. The predicted molar refractivity (Wildman–Crippen MR) is 79.1 cm³/mol. The van der Waals surface area contributed by atoms with Gasteiger partial charge in [0.2, 0.25) is 0 Å². The second kappa shape index (κ2) is 5.93. The van der Waals surface area contributed by atoms with Crippen molar-refractivity contribution in [1.29, 1.82) is 0 Å². The van der Waals surface area contributed by atoms with Crippen molar-refractivity contribution in [3.05, 3.63) is 0 Å². The molecule has 0 amide bonds. The normalized spacial score (nSPS) is 40.4. The third kappa shape index (κ3) is 1.91. The number of Topliss-reactive ketones (excluding diaryl/α,β-unsaturated/α-hetero) is 1. The minimum atomic E-state index is -0.954. The highest BCUT2D eigenvalue weighted by molar-refractivity contribution is 6.07. The topological polar surface area (TPSA) is 61.8 Å². The van der Waals surface area contributed by atoms with Crippen LogP contribution in [-0.4, -0.2) is 38.4 Å². The third-order valence-corrected chi connectivity index (χ3v) is 6.15. The van der Waals surface area contributed by atoms with Crippen LogP contribution in [0.3, 0.4) is 0 Å². The summed E-state index contributed by atoms with van der Waals surface area (Å²) in [7, 11) is 1.60. The van der Waals surface area contributed by atoms with Crippen LogP contribution in [0, 0.1) is 16.7 Å². The number of hydrogen-bond acceptors (Lipinski definition) is 5. The summed E-state index contributed by atoms with van der Waals surface area (Å²) in [6.45, 7) is 2.33. The fraction of sp³-hybridized carbons (Fsp3) is 0.882. The van der Waals surface area contributed by atoms with Crippen molar-refractivity contribution in [3.63, 3.8) is 0 Å². The largest absolute Gasteiger partial charge is 0.465 e. The Balaban J connectivity index is 1.97. The molecule has 3 aliphatic rings. The van der Waals surface area contributed by atoms with Gasteiger partial charge in [0.05, 0.1) is 12.7 Å². The summed E-state index contributed by atoms with van der Waals surface area (Å²) >= 11 is 0. The van der Waals surface area contributed by atoms with Crippen molar-refractivity contribution in [2.24, 2.45) is 16.7 Å². The third-order valence-electron chi connectivity index (χ3n) is 6.15. The van der Waals surface area contributed by atoms with Crippen LogP contribution in [0.2, 0.25) is 0 Å². The number of carbonyl (C=O) groups excluding carboxylic acids is 2. The Labute approximate surface area is 131 Å². The van der Waals surface area contributed by atoms with Gasteiger partial charge in [-0.1, -0.05) is 6.42 Å². The van der Waals surface area contributed by atoms with Crippen molar-refractivity contribution < 1.29 is 23.8 Å². The molecule has 124 valence electrons. The number of carbonyl (C=O) groups is 2. The Bertz CT molecular complexity index is 462. The average Bonchev–Trinajstić information content (AvgIpc) is 2.48. The Kier molecular flexibility index (Phi) is 4.29. The molecule has 0 radical (unpaired) electrons. The maximum atomic E-state index is 12.8. The smallest absolute Gasteiger partial charge is 0.320 e. The minimum absolute atomic E-state index is 0.0707. The highest BCUT2D eigenvalue weighted by Gasteiger charge is 2.77. The molecule has 0 saturated heterocycles. The molecule has 5 heteroatoms. The van der Waals surface area contributed by atoms with Gasteiger partial charge in [-0.2, -0.15) is 0 Å². The zero-order chi connectivity index (χ0) is 15.8. The van der Waals surface area contributed by atoms with E-state index in [1.54, 1.807) is 14.0 Å². The summed E-state index contributed by atoms with van der Waals surface area (Å²) in [6.07, 6.45) is 5.87. The molecule has 22 heavy (non-hydrogen) atoms. The van der Waals surface area contributed by atoms with Crippen molar-refractivity contribution in [2.75, 3.05) is 20.5 Å². The van der Waals surface area contributed by atoms with Gasteiger partial charge in [0.15, 0.2) is 5.78 Å². The Hall–Kier alpha value is -0.940. The van der Waals surface area contributed by atoms with E-state index in [-0.39, 0.29) is 30.1 Å². The Morgan fingerprint density at radius 2 is 2.14 bits per heavy atom. The Morgan fingerprint density at radius 1 is 1.32 bits per heavy atom. The van der Waals surface area contributed by atoms with Crippen LogP contribution in [0.5, 0.6) is 0 Å². The van der Waals surface area contributed by atoms with Crippen molar-refractivity contribution in [2.45, 2.75) is 58.0 Å². The molecule has 3 fully saturated rings. The van der Waals surface area contributed by atoms with Crippen molar-refractivity contribution in [3.8, 4) is 0 Å². The SMILES string of the molecule is CCOC(=O)[C@]12C[C@@H]3CCC[C@@H](OCOC)[C@@]31CCCC2=O. The molecule has 3 aliphatic carbocycles. The molecule has 3 saturated carbocycles. The summed E-state index contributed by atoms with van der Waals surface area (Å²) in [5.74, 6) is 0.155. The highest BCUT2D eigenvalue weighted by atomic mass is 16.7. The van der Waals surface area contributed by atoms with Gasteiger partial charge in [-0.05, 0) is 44.9 Å². The number of ketones is 1. The number of ether oxygens (including phenoxy) is 3. The standard InChI is InChI=1S/C17H26O5/c1-3-21-15(19)17-10-12-6-4-8-14(22-11-20-2)16(12,17)9-5-7-13(17)18/h12,14H,3-11H2,1-2H3/t12-,14+,16+,17+/m0/s1. The molecule has 0 aromatic carbocycles. The first-order valence-corrected chi connectivity index (χ1v) is 8.44. The molecule has 0 heterocycles. The summed E-state index contributed by atoms with van der Waals surface area (Å²) in [5, 5.41) is 0. The van der Waals surface area contributed by atoms with E-state index < -0.39 is 5.41 Å². The monoisotopic (exact) mass is 310 g/mol. The van der Waals surface area contributed by atoms with Crippen molar-refractivity contribution in [1.82, 2.24) is 0 Å². The van der Waals surface area contributed by atoms with Crippen molar-refractivity contribution >= 4 is 11.8 Å². The lowest BCUT2D eigenvalue weighted by molar-refractivity contribution is -0.263. The lowest BCUT2D eigenvalue weighted by Crippen LogP contribution is -2.73. The molecule has 0 N–H and O–H groups in total. The maximum absolute atomic E-state index is 12.8. The lowest BCUT2D eigenvalue weighted by atomic mass is 9.34. The fourth-order valence-corrected chi connectivity index (χ4v) is 5.39. The molecule has 0 bridgehead atoms. The summed E-state index contributed by atoms with van der Waals surface area (Å²) in [6, 6.07) is 0. The first kappa shape index (κ1) is 15.9. The van der Waals surface area contributed by atoms with Crippen LogP contribution in [0.15, 0.2) is 0 Å². The van der Waals surface area contributed by atoms with E-state index in [2.05, 4.69) is 0 Å². The number of rotatable bonds is 5. The van der Waals surface area contributed by atoms with E-state index in [4.69, 9.17) is 14.2 Å². The second-order valence-corrected chi connectivity index (χ2v) is 6.84. The van der Waals surface area contributed by atoms with Crippen LogP contribution in [0.25, 0.3) is 0 Å². The molecule has 1 spiro atoms. The van der Waals surface area contributed by atoms with Gasteiger partial charge >= 0.3 is 5.97 Å². The van der Waals surface area contributed by atoms with Gasteiger partial charge in [0.25, 0.3) is 0 Å². The second-order valence-electron chi connectivity index (χ2n) is 6.84. The van der Waals surface area contributed by atoms with E-state index in [9.17, 15) is 9.59 Å². The lowest BCUT2D eigenvalue weighted by Gasteiger charge is -2.68. The maximum Gasteiger partial charge on any atom is 0.320 e. The molecule has 0 unspecified atom stereocenters. The van der Waals surface area contributed by atoms with Crippen LogP contribution in [0.4, 0.5) is 0 Å². The molecule has 4 atom stereocenters. The average molecular weight is 310 g/mol. The molecule has 0 aliphatic heterocycles. The predicted octanol–water partition coefficient (Wildman–Crippen LogP) is 2.47. The van der Waals surface area contributed by atoms with Crippen LogP contribution < -0.4 is 0 Å². The first-order valence-electron chi connectivity index (χ1n) is 8.44. The van der Waals surface area contributed by atoms with Gasteiger partial charge < -0.3 is 14.2 Å². The van der Waals surface area contributed by atoms with Crippen LogP contribution in [-0.2, 0) is 23.8 Å². The quantitative estimate of drug-likeness (QED) is 0.443. The summed E-state index contributed by atoms with van der Waals surface area (Å²) in [5.41, 5.74) is -1.31. The molecule has 3 rings (SSSR count). The molecule has 0 aromatic rings. The van der Waals surface area contributed by atoms with E-state index >= 15 is 0 Å². The van der Waals surface area contributed by atoms with E-state index in [1.807, 2.05) is 0 Å². The van der Waals surface area contributed by atoms with Gasteiger partial charge in [-0.25, -0.2) is 0 Å². The van der Waals surface area contributed by atoms with Gasteiger partial charge in [0.1, 0.15) is 12.2 Å². The number of methoxy groups -OCH3 is 1. The highest BCUT2D eigenvalue weighted by Crippen LogP contribution is 2.72. The fourth-order valence-electron chi connectivity index (χ4n) is 5.39.